The average molecular weight is 432 g/mol. The van der Waals surface area contributed by atoms with Crippen LogP contribution >= 0.6 is 23.2 Å². The summed E-state index contributed by atoms with van der Waals surface area (Å²) in [6.45, 7) is -0.0625. The fraction of sp³-hybridized carbons (Fsp3) is 0.190. The molecule has 0 fully saturated rings. The van der Waals surface area contributed by atoms with Gasteiger partial charge < -0.3 is 14.6 Å². The molecule has 2 amide bonds. The standard InChI is InChI=1S/C21H19Cl2N3O3/c1-26(13-19(27)25-17-4-2-3-16(23)11-17)21(28)10-9-20-24-12-18(29-20)14-5-7-15(22)8-6-14/h2-8,11-12H,9-10,13H2,1H3,(H,25,27). The lowest BCUT2D eigenvalue weighted by Crippen LogP contribution is -2.35. The van der Waals surface area contributed by atoms with E-state index in [2.05, 4.69) is 10.3 Å². The molecule has 8 heteroatoms. The quantitative estimate of drug-likeness (QED) is 0.589. The second kappa shape index (κ2) is 9.58. The van der Waals surface area contributed by atoms with Crippen LogP contribution in [0.1, 0.15) is 12.3 Å². The van der Waals surface area contributed by atoms with E-state index in [4.69, 9.17) is 27.6 Å². The van der Waals surface area contributed by atoms with E-state index >= 15 is 0 Å². The van der Waals surface area contributed by atoms with E-state index in [0.717, 1.165) is 5.56 Å². The summed E-state index contributed by atoms with van der Waals surface area (Å²) in [5, 5.41) is 3.87. The molecule has 6 nitrogen and oxygen atoms in total. The largest absolute Gasteiger partial charge is 0.441 e. The Morgan fingerprint density at radius 1 is 1.10 bits per heavy atom. The molecule has 0 saturated carbocycles. The van der Waals surface area contributed by atoms with Gasteiger partial charge in [0, 0.05) is 41.2 Å². The molecule has 0 radical (unpaired) electrons. The highest BCUT2D eigenvalue weighted by Crippen LogP contribution is 2.22. The monoisotopic (exact) mass is 431 g/mol. The van der Waals surface area contributed by atoms with Gasteiger partial charge in [-0.15, -0.1) is 0 Å². The Balaban J connectivity index is 1.48. The lowest BCUT2D eigenvalue weighted by molar-refractivity contribution is -0.133. The van der Waals surface area contributed by atoms with Crippen molar-refractivity contribution in [1.29, 1.82) is 0 Å². The minimum atomic E-state index is -0.302. The molecule has 0 spiro atoms. The van der Waals surface area contributed by atoms with Crippen LogP contribution in [0.4, 0.5) is 5.69 Å². The molecule has 2 aromatic carbocycles. The van der Waals surface area contributed by atoms with Gasteiger partial charge in [-0.2, -0.15) is 0 Å². The van der Waals surface area contributed by atoms with Crippen LogP contribution in [0.5, 0.6) is 0 Å². The number of aryl methyl sites for hydroxylation is 1. The molecule has 1 aromatic heterocycles. The summed E-state index contributed by atoms with van der Waals surface area (Å²) >= 11 is 11.8. The summed E-state index contributed by atoms with van der Waals surface area (Å²) < 4.78 is 5.69. The van der Waals surface area contributed by atoms with Gasteiger partial charge in [0.25, 0.3) is 0 Å². The number of hydrogen-bond acceptors (Lipinski definition) is 4. The minimum absolute atomic E-state index is 0.0625. The number of halogens is 2. The molecule has 3 aromatic rings. The zero-order valence-electron chi connectivity index (χ0n) is 15.7. The Morgan fingerprint density at radius 3 is 2.59 bits per heavy atom. The Morgan fingerprint density at radius 2 is 1.86 bits per heavy atom. The molecule has 29 heavy (non-hydrogen) atoms. The van der Waals surface area contributed by atoms with Crippen molar-refractivity contribution in [2.75, 3.05) is 18.9 Å². The molecule has 150 valence electrons. The van der Waals surface area contributed by atoms with Crippen molar-refractivity contribution in [3.63, 3.8) is 0 Å². The highest BCUT2D eigenvalue weighted by Gasteiger charge is 2.15. The molecule has 1 N–H and O–H groups in total. The van der Waals surface area contributed by atoms with Crippen LogP contribution in [0.2, 0.25) is 10.0 Å². The van der Waals surface area contributed by atoms with Crippen LogP contribution in [-0.2, 0) is 16.0 Å². The number of rotatable bonds is 7. The van der Waals surface area contributed by atoms with Crippen LogP contribution in [0, 0.1) is 0 Å². The van der Waals surface area contributed by atoms with Gasteiger partial charge in [-0.05, 0) is 42.5 Å². The smallest absolute Gasteiger partial charge is 0.243 e. The molecule has 0 unspecified atom stereocenters. The number of anilines is 1. The first-order valence-electron chi connectivity index (χ1n) is 8.91. The third-order valence-corrected chi connectivity index (χ3v) is 4.64. The van der Waals surface area contributed by atoms with E-state index in [1.54, 1.807) is 49.6 Å². The molecule has 1 heterocycles. The van der Waals surface area contributed by atoms with Gasteiger partial charge in [-0.1, -0.05) is 29.3 Å². The van der Waals surface area contributed by atoms with Crippen molar-refractivity contribution in [1.82, 2.24) is 9.88 Å². The van der Waals surface area contributed by atoms with E-state index in [1.807, 2.05) is 12.1 Å². The predicted molar refractivity (Wildman–Crippen MR) is 113 cm³/mol. The second-order valence-corrected chi connectivity index (χ2v) is 7.31. The van der Waals surface area contributed by atoms with Gasteiger partial charge in [-0.3, -0.25) is 9.59 Å². The third-order valence-electron chi connectivity index (χ3n) is 4.15. The summed E-state index contributed by atoms with van der Waals surface area (Å²) in [6.07, 6.45) is 2.14. The Kier molecular flexibility index (Phi) is 6.90. The molecule has 0 aliphatic rings. The number of carbonyl (C=O) groups excluding carboxylic acids is 2. The second-order valence-electron chi connectivity index (χ2n) is 6.43. The number of benzene rings is 2. The first kappa shape index (κ1) is 20.9. The summed E-state index contributed by atoms with van der Waals surface area (Å²) in [7, 11) is 1.58. The SMILES string of the molecule is CN(CC(=O)Nc1cccc(Cl)c1)C(=O)CCc1ncc(-c2ccc(Cl)cc2)o1. The molecule has 0 aliphatic carbocycles. The van der Waals surface area contributed by atoms with Crippen LogP contribution < -0.4 is 5.32 Å². The highest BCUT2D eigenvalue weighted by molar-refractivity contribution is 6.31. The fourth-order valence-corrected chi connectivity index (χ4v) is 2.96. The maximum absolute atomic E-state index is 12.3. The number of carbonyl (C=O) groups is 2. The van der Waals surface area contributed by atoms with Gasteiger partial charge in [0.2, 0.25) is 11.8 Å². The average Bonchev–Trinajstić information content (AvgIpc) is 3.15. The lowest BCUT2D eigenvalue weighted by atomic mass is 10.2. The van der Waals surface area contributed by atoms with Crippen LogP contribution in [0.3, 0.4) is 0 Å². The van der Waals surface area contributed by atoms with Gasteiger partial charge in [-0.25, -0.2) is 4.98 Å². The highest BCUT2D eigenvalue weighted by atomic mass is 35.5. The lowest BCUT2D eigenvalue weighted by Gasteiger charge is -2.16. The predicted octanol–water partition coefficient (Wildman–Crippen LogP) is 4.68. The van der Waals surface area contributed by atoms with Crippen molar-refractivity contribution in [2.24, 2.45) is 0 Å². The number of amides is 2. The molecule has 3 rings (SSSR count). The van der Waals surface area contributed by atoms with Gasteiger partial charge in [0.1, 0.15) is 0 Å². The van der Waals surface area contributed by atoms with Gasteiger partial charge >= 0.3 is 0 Å². The van der Waals surface area contributed by atoms with E-state index in [1.165, 1.54) is 4.90 Å². The molecular formula is C21H19Cl2N3O3. The summed E-state index contributed by atoms with van der Waals surface area (Å²) in [5.41, 5.74) is 1.44. The fourth-order valence-electron chi connectivity index (χ4n) is 2.65. The zero-order chi connectivity index (χ0) is 20.8. The summed E-state index contributed by atoms with van der Waals surface area (Å²) in [4.78, 5) is 30.0. The van der Waals surface area contributed by atoms with Crippen LogP contribution in [0.15, 0.2) is 59.1 Å². The van der Waals surface area contributed by atoms with Gasteiger partial charge in [0.15, 0.2) is 11.7 Å². The number of likely N-dealkylation sites (N-methyl/N-ethyl adjacent to an activating group) is 1. The number of nitrogens with one attached hydrogen (secondary N) is 1. The Labute approximate surface area is 178 Å². The van der Waals surface area contributed by atoms with Crippen molar-refractivity contribution >= 4 is 40.7 Å². The number of oxazole rings is 1. The number of aromatic nitrogens is 1. The maximum Gasteiger partial charge on any atom is 0.243 e. The summed E-state index contributed by atoms with van der Waals surface area (Å²) in [5.74, 6) is 0.584. The molecule has 0 aliphatic heterocycles. The first-order chi connectivity index (χ1) is 13.9. The Bertz CT molecular complexity index is 1000. The van der Waals surface area contributed by atoms with Crippen molar-refractivity contribution in [3.8, 4) is 11.3 Å². The summed E-state index contributed by atoms with van der Waals surface area (Å²) in [6, 6.07) is 14.0. The zero-order valence-corrected chi connectivity index (χ0v) is 17.2. The molecular weight excluding hydrogens is 413 g/mol. The molecule has 0 saturated heterocycles. The van der Waals surface area contributed by atoms with Crippen LogP contribution in [0.25, 0.3) is 11.3 Å². The van der Waals surface area contributed by atoms with E-state index < -0.39 is 0 Å². The first-order valence-corrected chi connectivity index (χ1v) is 9.66. The third kappa shape index (κ3) is 6.07. The van der Waals surface area contributed by atoms with Gasteiger partial charge in [0.05, 0.1) is 12.7 Å². The molecule has 0 atom stereocenters. The molecule has 0 bridgehead atoms. The topological polar surface area (TPSA) is 75.4 Å². The van der Waals surface area contributed by atoms with E-state index in [9.17, 15) is 9.59 Å². The van der Waals surface area contributed by atoms with Crippen molar-refractivity contribution in [2.45, 2.75) is 12.8 Å². The Hall–Kier alpha value is -2.83. The van der Waals surface area contributed by atoms with Crippen molar-refractivity contribution < 1.29 is 14.0 Å². The van der Waals surface area contributed by atoms with Crippen LogP contribution in [-0.4, -0.2) is 35.3 Å². The minimum Gasteiger partial charge on any atom is -0.441 e. The number of nitrogens with zero attached hydrogens (tertiary/aromatic N) is 2. The van der Waals surface area contributed by atoms with E-state index in [0.29, 0.717) is 33.8 Å². The maximum atomic E-state index is 12.3. The van der Waals surface area contributed by atoms with E-state index in [-0.39, 0.29) is 24.8 Å². The normalized spacial score (nSPS) is 10.6. The number of hydrogen-bond donors (Lipinski definition) is 1. The van der Waals surface area contributed by atoms with Crippen molar-refractivity contribution in [3.05, 3.63) is 70.7 Å².